The molecule has 72 valence electrons. The molecule has 1 saturated heterocycles. The van der Waals surface area contributed by atoms with Gasteiger partial charge >= 0.3 is 0 Å². The van der Waals surface area contributed by atoms with E-state index in [1.807, 2.05) is 30.3 Å². The van der Waals surface area contributed by atoms with Crippen molar-refractivity contribution in [3.8, 4) is 0 Å². The Morgan fingerprint density at radius 1 is 1.21 bits per heavy atom. The normalized spacial score (nSPS) is 18.6. The van der Waals surface area contributed by atoms with E-state index in [2.05, 4.69) is 10.3 Å². The molecule has 1 aromatic carbocycles. The van der Waals surface area contributed by atoms with E-state index < -0.39 is 0 Å². The molecule has 0 bridgehead atoms. The van der Waals surface area contributed by atoms with Crippen LogP contribution in [0.1, 0.15) is 18.4 Å². The van der Waals surface area contributed by atoms with Gasteiger partial charge in [0.1, 0.15) is 5.84 Å². The second-order valence-corrected chi connectivity index (χ2v) is 3.30. The van der Waals surface area contributed by atoms with Crippen LogP contribution in [0.15, 0.2) is 35.3 Å². The zero-order valence-corrected chi connectivity index (χ0v) is 7.86. The predicted octanol–water partition coefficient (Wildman–Crippen LogP) is 1.50. The van der Waals surface area contributed by atoms with E-state index in [-0.39, 0.29) is 5.91 Å². The maximum absolute atomic E-state index is 10.9. The summed E-state index contributed by atoms with van der Waals surface area (Å²) in [4.78, 5) is 15.2. The van der Waals surface area contributed by atoms with Gasteiger partial charge in [-0.05, 0) is 5.56 Å². The van der Waals surface area contributed by atoms with Crippen LogP contribution >= 0.6 is 0 Å². The molecule has 0 unspecified atom stereocenters. The van der Waals surface area contributed by atoms with Gasteiger partial charge < -0.3 is 5.32 Å². The molecule has 1 heterocycles. The van der Waals surface area contributed by atoms with Crippen molar-refractivity contribution in [3.05, 3.63) is 35.9 Å². The first-order valence-corrected chi connectivity index (χ1v) is 4.72. The number of hydrogen-bond acceptors (Lipinski definition) is 2. The molecule has 0 saturated carbocycles. The molecule has 1 aromatic rings. The van der Waals surface area contributed by atoms with Crippen LogP contribution in [0.2, 0.25) is 0 Å². The molecule has 0 radical (unpaired) electrons. The molecule has 3 nitrogen and oxygen atoms in total. The Morgan fingerprint density at radius 3 is 2.64 bits per heavy atom. The first-order chi connectivity index (χ1) is 6.84. The minimum atomic E-state index is 0.0804. The highest BCUT2D eigenvalue weighted by Gasteiger charge is 2.14. The molecule has 1 aliphatic rings. The number of nitrogens with one attached hydrogen (secondary N) is 1. The number of benzene rings is 1. The van der Waals surface area contributed by atoms with Crippen molar-refractivity contribution in [2.24, 2.45) is 4.99 Å². The van der Waals surface area contributed by atoms with Gasteiger partial charge in [0.15, 0.2) is 0 Å². The number of rotatable bonds is 2. The van der Waals surface area contributed by atoms with Gasteiger partial charge in [0, 0.05) is 12.8 Å². The van der Waals surface area contributed by atoms with Gasteiger partial charge in [0.05, 0.1) is 6.54 Å². The summed E-state index contributed by atoms with van der Waals surface area (Å²) < 4.78 is 0. The van der Waals surface area contributed by atoms with Crippen molar-refractivity contribution >= 4 is 11.7 Å². The topological polar surface area (TPSA) is 41.5 Å². The first-order valence-electron chi connectivity index (χ1n) is 4.72. The molecule has 1 N–H and O–H groups in total. The number of carbonyl (C=O) groups excluding carboxylic acids is 1. The molecule has 1 fully saturated rings. The zero-order chi connectivity index (χ0) is 9.80. The average molecular weight is 188 g/mol. The quantitative estimate of drug-likeness (QED) is 0.750. The molecular formula is C11H12N2O. The van der Waals surface area contributed by atoms with Gasteiger partial charge in [-0.3, -0.25) is 9.79 Å². The van der Waals surface area contributed by atoms with Crippen molar-refractivity contribution in [1.82, 2.24) is 5.32 Å². The Bertz CT molecular complexity index is 357. The number of nitrogens with zero attached hydrogens (tertiary/aromatic N) is 1. The maximum atomic E-state index is 10.9. The standard InChI is InChI=1S/C11H12N2O/c14-11-7-6-10(13-11)12-8-9-4-2-1-3-5-9/h1-5H,6-8H2,(H,12,13,14). The third-order valence-electron chi connectivity index (χ3n) is 2.17. The fourth-order valence-electron chi connectivity index (χ4n) is 1.41. The fraction of sp³-hybridized carbons (Fsp3) is 0.273. The molecule has 0 spiro atoms. The minimum absolute atomic E-state index is 0.0804. The van der Waals surface area contributed by atoms with Crippen LogP contribution in [-0.2, 0) is 11.3 Å². The smallest absolute Gasteiger partial charge is 0.225 e. The molecule has 0 atom stereocenters. The Morgan fingerprint density at radius 2 is 2.00 bits per heavy atom. The van der Waals surface area contributed by atoms with Crippen LogP contribution in [0.5, 0.6) is 0 Å². The Balaban J connectivity index is 1.97. The summed E-state index contributed by atoms with van der Waals surface area (Å²) in [5.74, 6) is 0.899. The summed E-state index contributed by atoms with van der Waals surface area (Å²) >= 11 is 0. The fourth-order valence-corrected chi connectivity index (χ4v) is 1.41. The monoisotopic (exact) mass is 188 g/mol. The van der Waals surface area contributed by atoms with Gasteiger partial charge in [0.2, 0.25) is 5.91 Å². The van der Waals surface area contributed by atoms with Crippen LogP contribution in [0, 0.1) is 0 Å². The van der Waals surface area contributed by atoms with Crippen LogP contribution in [0.25, 0.3) is 0 Å². The van der Waals surface area contributed by atoms with Gasteiger partial charge in [-0.15, -0.1) is 0 Å². The summed E-state index contributed by atoms with van der Waals surface area (Å²) in [5, 5.41) is 2.74. The van der Waals surface area contributed by atoms with Gasteiger partial charge in [-0.25, -0.2) is 0 Å². The van der Waals surface area contributed by atoms with Crippen LogP contribution in [0.3, 0.4) is 0 Å². The molecule has 3 heteroatoms. The number of carbonyl (C=O) groups is 1. The van der Waals surface area contributed by atoms with Crippen molar-refractivity contribution in [3.63, 3.8) is 0 Å². The lowest BCUT2D eigenvalue weighted by Crippen LogP contribution is -2.19. The van der Waals surface area contributed by atoms with Gasteiger partial charge in [0.25, 0.3) is 0 Å². The third kappa shape index (κ3) is 2.19. The lowest BCUT2D eigenvalue weighted by atomic mass is 10.2. The second-order valence-electron chi connectivity index (χ2n) is 3.30. The van der Waals surface area contributed by atoms with Gasteiger partial charge in [-0.2, -0.15) is 0 Å². The number of hydrogen-bond donors (Lipinski definition) is 1. The van der Waals surface area contributed by atoms with E-state index in [0.29, 0.717) is 13.0 Å². The van der Waals surface area contributed by atoms with E-state index in [4.69, 9.17) is 0 Å². The van der Waals surface area contributed by atoms with Crippen molar-refractivity contribution in [2.45, 2.75) is 19.4 Å². The molecule has 0 aliphatic carbocycles. The maximum Gasteiger partial charge on any atom is 0.225 e. The van der Waals surface area contributed by atoms with Crippen molar-refractivity contribution < 1.29 is 4.79 Å². The van der Waals surface area contributed by atoms with E-state index in [1.54, 1.807) is 0 Å². The highest BCUT2D eigenvalue weighted by atomic mass is 16.1. The van der Waals surface area contributed by atoms with Crippen molar-refractivity contribution in [2.75, 3.05) is 0 Å². The van der Waals surface area contributed by atoms with E-state index >= 15 is 0 Å². The number of amides is 1. The molecule has 1 aliphatic heterocycles. The van der Waals surface area contributed by atoms with E-state index in [1.165, 1.54) is 5.56 Å². The highest BCUT2D eigenvalue weighted by Crippen LogP contribution is 2.04. The lowest BCUT2D eigenvalue weighted by Gasteiger charge is -1.97. The summed E-state index contributed by atoms with van der Waals surface area (Å²) in [6, 6.07) is 10.0. The molecule has 1 amide bonds. The van der Waals surface area contributed by atoms with Gasteiger partial charge in [-0.1, -0.05) is 30.3 Å². The van der Waals surface area contributed by atoms with E-state index in [9.17, 15) is 4.79 Å². The first kappa shape index (κ1) is 8.94. The molecule has 0 aromatic heterocycles. The van der Waals surface area contributed by atoms with Crippen LogP contribution in [-0.4, -0.2) is 11.7 Å². The van der Waals surface area contributed by atoms with Crippen molar-refractivity contribution in [1.29, 1.82) is 0 Å². The minimum Gasteiger partial charge on any atom is -0.315 e. The van der Waals surface area contributed by atoms with E-state index in [0.717, 1.165) is 12.3 Å². The lowest BCUT2D eigenvalue weighted by molar-refractivity contribution is -0.118. The third-order valence-corrected chi connectivity index (χ3v) is 2.17. The summed E-state index contributed by atoms with van der Waals surface area (Å²) in [6.45, 7) is 0.649. The number of aliphatic imine (C=N–C) groups is 1. The Kier molecular flexibility index (Phi) is 2.58. The predicted molar refractivity (Wildman–Crippen MR) is 55.0 cm³/mol. The summed E-state index contributed by atoms with van der Waals surface area (Å²) in [7, 11) is 0. The van der Waals surface area contributed by atoms with Crippen LogP contribution < -0.4 is 5.32 Å². The highest BCUT2D eigenvalue weighted by molar-refractivity contribution is 6.04. The SMILES string of the molecule is O=C1CCC(=NCc2ccccc2)N1. The summed E-state index contributed by atoms with van der Waals surface area (Å²) in [5.41, 5.74) is 1.17. The Hall–Kier alpha value is -1.64. The number of amidine groups is 1. The molecule has 14 heavy (non-hydrogen) atoms. The average Bonchev–Trinajstić information content (AvgIpc) is 2.63. The Labute approximate surface area is 82.9 Å². The summed E-state index contributed by atoms with van der Waals surface area (Å²) in [6.07, 6.45) is 1.33. The largest absolute Gasteiger partial charge is 0.315 e. The zero-order valence-electron chi connectivity index (χ0n) is 7.86. The molecular weight excluding hydrogens is 176 g/mol. The van der Waals surface area contributed by atoms with Crippen LogP contribution in [0.4, 0.5) is 0 Å². The second kappa shape index (κ2) is 4.05. The molecule has 2 rings (SSSR count).